The van der Waals surface area contributed by atoms with Gasteiger partial charge in [0, 0.05) is 25.0 Å². The fraction of sp³-hybridized carbons (Fsp3) is 0.714. The van der Waals surface area contributed by atoms with Gasteiger partial charge in [-0.15, -0.1) is 23.7 Å². The van der Waals surface area contributed by atoms with Crippen LogP contribution in [0.15, 0.2) is 5.38 Å². The van der Waals surface area contributed by atoms with E-state index in [0.717, 1.165) is 11.4 Å². The van der Waals surface area contributed by atoms with Gasteiger partial charge in [-0.1, -0.05) is 13.8 Å². The largest absolute Gasteiger partial charge is 0.396 e. The summed E-state index contributed by atoms with van der Waals surface area (Å²) in [6, 6.07) is 0. The Kier molecular flexibility index (Phi) is 10.6. The average Bonchev–Trinajstić information content (AvgIpc) is 2.84. The molecule has 4 N–H and O–H groups in total. The Morgan fingerprint density at radius 3 is 2.81 bits per heavy atom. The van der Waals surface area contributed by atoms with Crippen molar-refractivity contribution < 1.29 is 9.90 Å². The summed E-state index contributed by atoms with van der Waals surface area (Å²) in [5.74, 6) is 0.723. The molecular formula is C14H26ClN3O2S. The molecule has 0 spiro atoms. The second-order valence-corrected chi connectivity index (χ2v) is 6.33. The molecule has 0 radical (unpaired) electrons. The molecule has 1 rings (SSSR count). The number of nitrogens with two attached hydrogens (primary N) is 1. The summed E-state index contributed by atoms with van der Waals surface area (Å²) >= 11 is 1.47. The lowest BCUT2D eigenvalue weighted by Gasteiger charge is -2.18. The first-order valence-electron chi connectivity index (χ1n) is 7.10. The molecule has 1 aromatic rings. The smallest absolute Gasteiger partial charge is 0.270 e. The summed E-state index contributed by atoms with van der Waals surface area (Å²) < 4.78 is 0. The average molecular weight is 336 g/mol. The third-order valence-corrected chi connectivity index (χ3v) is 3.94. The summed E-state index contributed by atoms with van der Waals surface area (Å²) in [4.78, 5) is 16.3. The number of thiazole rings is 1. The van der Waals surface area contributed by atoms with E-state index in [1.165, 1.54) is 11.3 Å². The number of amides is 1. The number of nitrogens with zero attached hydrogens (tertiary/aromatic N) is 1. The zero-order valence-electron chi connectivity index (χ0n) is 12.7. The third kappa shape index (κ3) is 7.76. The Morgan fingerprint density at radius 2 is 2.24 bits per heavy atom. The number of halogens is 1. The highest BCUT2D eigenvalue weighted by Crippen LogP contribution is 2.15. The van der Waals surface area contributed by atoms with Crippen LogP contribution in [0.1, 0.15) is 42.2 Å². The van der Waals surface area contributed by atoms with Crippen LogP contribution in [0.2, 0.25) is 0 Å². The maximum Gasteiger partial charge on any atom is 0.270 e. The Bertz CT molecular complexity index is 413. The predicted molar refractivity (Wildman–Crippen MR) is 89.1 cm³/mol. The number of rotatable bonds is 9. The van der Waals surface area contributed by atoms with Crippen LogP contribution >= 0.6 is 23.7 Å². The number of aliphatic hydroxyl groups is 1. The van der Waals surface area contributed by atoms with Gasteiger partial charge in [0.15, 0.2) is 0 Å². The fourth-order valence-corrected chi connectivity index (χ4v) is 2.93. The van der Waals surface area contributed by atoms with Gasteiger partial charge in [0.1, 0.15) is 5.69 Å². The van der Waals surface area contributed by atoms with E-state index in [1.807, 2.05) is 0 Å². The molecule has 5 nitrogen and oxygen atoms in total. The first-order valence-corrected chi connectivity index (χ1v) is 7.98. The molecule has 0 aliphatic heterocycles. The van der Waals surface area contributed by atoms with Crippen molar-refractivity contribution in [2.45, 2.75) is 33.1 Å². The Hall–Kier alpha value is -0.690. The van der Waals surface area contributed by atoms with Gasteiger partial charge in [-0.25, -0.2) is 4.98 Å². The number of aromatic nitrogens is 1. The van der Waals surface area contributed by atoms with Crippen molar-refractivity contribution in [2.24, 2.45) is 17.6 Å². The van der Waals surface area contributed by atoms with E-state index in [0.29, 0.717) is 43.5 Å². The SMILES string of the molecule is CC(C)CC(CCO)CNC(=O)c1csc(CCN)n1.Cl. The first-order chi connectivity index (χ1) is 9.56. The number of nitrogens with one attached hydrogen (secondary N) is 1. The molecule has 1 atom stereocenters. The molecule has 0 saturated heterocycles. The van der Waals surface area contributed by atoms with E-state index in [9.17, 15) is 4.79 Å². The van der Waals surface area contributed by atoms with E-state index in [-0.39, 0.29) is 24.9 Å². The van der Waals surface area contributed by atoms with Gasteiger partial charge >= 0.3 is 0 Å². The number of aliphatic hydroxyl groups excluding tert-OH is 1. The zero-order chi connectivity index (χ0) is 15.0. The van der Waals surface area contributed by atoms with Gasteiger partial charge in [0.2, 0.25) is 0 Å². The highest BCUT2D eigenvalue weighted by atomic mass is 35.5. The number of carbonyl (C=O) groups excluding carboxylic acids is 1. The van der Waals surface area contributed by atoms with E-state index in [1.54, 1.807) is 5.38 Å². The van der Waals surface area contributed by atoms with Gasteiger partial charge < -0.3 is 16.2 Å². The quantitative estimate of drug-likeness (QED) is 0.642. The zero-order valence-corrected chi connectivity index (χ0v) is 14.3. The molecule has 1 aromatic heterocycles. The molecule has 122 valence electrons. The Balaban J connectivity index is 0.00000400. The maximum absolute atomic E-state index is 12.0. The predicted octanol–water partition coefficient (Wildman–Crippen LogP) is 1.84. The molecule has 21 heavy (non-hydrogen) atoms. The van der Waals surface area contributed by atoms with E-state index < -0.39 is 0 Å². The standard InChI is InChI=1S/C14H25N3O2S.ClH/c1-10(2)7-11(4-6-18)8-16-14(19)12-9-20-13(17-12)3-5-15;/h9-11,18H,3-8,15H2,1-2H3,(H,16,19);1H. The number of hydrogen-bond acceptors (Lipinski definition) is 5. The highest BCUT2D eigenvalue weighted by Gasteiger charge is 2.14. The molecule has 1 unspecified atom stereocenters. The van der Waals surface area contributed by atoms with Crippen molar-refractivity contribution in [1.82, 2.24) is 10.3 Å². The van der Waals surface area contributed by atoms with Crippen LogP contribution in [0.4, 0.5) is 0 Å². The molecule has 0 saturated carbocycles. The van der Waals surface area contributed by atoms with Gasteiger partial charge in [-0.2, -0.15) is 0 Å². The van der Waals surface area contributed by atoms with Crippen LogP contribution in [0.25, 0.3) is 0 Å². The molecule has 1 heterocycles. The highest BCUT2D eigenvalue weighted by molar-refractivity contribution is 7.09. The van der Waals surface area contributed by atoms with E-state index in [2.05, 4.69) is 24.1 Å². The second-order valence-electron chi connectivity index (χ2n) is 5.38. The first kappa shape index (κ1) is 20.3. The van der Waals surface area contributed by atoms with Gasteiger partial charge in [-0.05, 0) is 31.2 Å². The van der Waals surface area contributed by atoms with Crippen molar-refractivity contribution in [3.05, 3.63) is 16.1 Å². The van der Waals surface area contributed by atoms with Gasteiger partial charge in [0.05, 0.1) is 5.01 Å². The van der Waals surface area contributed by atoms with Gasteiger partial charge in [0.25, 0.3) is 5.91 Å². The maximum atomic E-state index is 12.0. The molecule has 1 amide bonds. The molecule has 7 heteroatoms. The van der Waals surface area contributed by atoms with Crippen LogP contribution in [-0.2, 0) is 6.42 Å². The minimum absolute atomic E-state index is 0. The number of hydrogen-bond donors (Lipinski definition) is 3. The minimum atomic E-state index is -0.142. The van der Waals surface area contributed by atoms with Crippen molar-refractivity contribution in [3.8, 4) is 0 Å². The third-order valence-electron chi connectivity index (χ3n) is 3.04. The lowest BCUT2D eigenvalue weighted by atomic mass is 9.94. The normalized spacial score (nSPS) is 12.0. The van der Waals surface area contributed by atoms with Crippen LogP contribution in [0.5, 0.6) is 0 Å². The lowest BCUT2D eigenvalue weighted by Crippen LogP contribution is -2.30. The summed E-state index contributed by atoms with van der Waals surface area (Å²) in [6.45, 7) is 5.57. The summed E-state index contributed by atoms with van der Waals surface area (Å²) in [5.41, 5.74) is 5.93. The second kappa shape index (κ2) is 11.0. The van der Waals surface area contributed by atoms with Crippen LogP contribution in [0.3, 0.4) is 0 Å². The fourth-order valence-electron chi connectivity index (χ4n) is 2.13. The van der Waals surface area contributed by atoms with Gasteiger partial charge in [-0.3, -0.25) is 4.79 Å². The van der Waals surface area contributed by atoms with E-state index in [4.69, 9.17) is 10.8 Å². The Morgan fingerprint density at radius 1 is 1.52 bits per heavy atom. The van der Waals surface area contributed by atoms with Crippen molar-refractivity contribution in [1.29, 1.82) is 0 Å². The van der Waals surface area contributed by atoms with Crippen LogP contribution in [-0.4, -0.2) is 35.7 Å². The van der Waals surface area contributed by atoms with Crippen molar-refractivity contribution in [3.63, 3.8) is 0 Å². The molecular weight excluding hydrogens is 310 g/mol. The topological polar surface area (TPSA) is 88.2 Å². The summed E-state index contributed by atoms with van der Waals surface area (Å²) in [7, 11) is 0. The molecule has 0 aliphatic carbocycles. The molecule has 0 bridgehead atoms. The minimum Gasteiger partial charge on any atom is -0.396 e. The summed E-state index contributed by atoms with van der Waals surface area (Å²) in [5, 5.41) is 14.6. The summed E-state index contributed by atoms with van der Waals surface area (Å²) in [6.07, 6.45) is 2.42. The van der Waals surface area contributed by atoms with Crippen LogP contribution in [0, 0.1) is 11.8 Å². The van der Waals surface area contributed by atoms with Crippen LogP contribution < -0.4 is 11.1 Å². The molecule has 0 fully saturated rings. The van der Waals surface area contributed by atoms with E-state index >= 15 is 0 Å². The lowest BCUT2D eigenvalue weighted by molar-refractivity contribution is 0.0937. The molecule has 0 aliphatic rings. The molecule has 0 aromatic carbocycles. The van der Waals surface area contributed by atoms with Crippen molar-refractivity contribution >= 4 is 29.7 Å². The number of carbonyl (C=O) groups is 1. The monoisotopic (exact) mass is 335 g/mol. The van der Waals surface area contributed by atoms with Crippen molar-refractivity contribution in [2.75, 3.05) is 19.7 Å². The Labute approximate surface area is 136 Å².